The van der Waals surface area contributed by atoms with Crippen LogP contribution in [0.2, 0.25) is 5.28 Å². The molecule has 18 heavy (non-hydrogen) atoms. The predicted octanol–water partition coefficient (Wildman–Crippen LogP) is 3.79. The van der Waals surface area contributed by atoms with E-state index >= 15 is 0 Å². The topological polar surface area (TPSA) is 63.8 Å². The SMILES string of the molecule is CCCCCCCCNc1nc(Cl)nc(C)c1N. The summed E-state index contributed by atoms with van der Waals surface area (Å²) in [6, 6.07) is 0. The van der Waals surface area contributed by atoms with E-state index in [1.807, 2.05) is 6.92 Å². The van der Waals surface area contributed by atoms with Crippen LogP contribution in [0.1, 0.15) is 51.1 Å². The lowest BCUT2D eigenvalue weighted by molar-refractivity contribution is 0.617. The first-order chi connectivity index (χ1) is 8.65. The second kappa shape index (κ2) is 8.14. The maximum atomic E-state index is 5.89. The van der Waals surface area contributed by atoms with Crippen LogP contribution in [0.3, 0.4) is 0 Å². The van der Waals surface area contributed by atoms with Gasteiger partial charge in [0.15, 0.2) is 5.82 Å². The summed E-state index contributed by atoms with van der Waals surface area (Å²) in [5.74, 6) is 0.654. The highest BCUT2D eigenvalue weighted by Gasteiger charge is 2.06. The van der Waals surface area contributed by atoms with Gasteiger partial charge in [0.25, 0.3) is 0 Å². The molecule has 0 saturated carbocycles. The van der Waals surface area contributed by atoms with Crippen molar-refractivity contribution in [3.05, 3.63) is 11.0 Å². The highest BCUT2D eigenvalue weighted by atomic mass is 35.5. The van der Waals surface area contributed by atoms with Gasteiger partial charge in [0.05, 0.1) is 11.4 Å². The zero-order chi connectivity index (χ0) is 13.4. The van der Waals surface area contributed by atoms with Crippen LogP contribution in [0.25, 0.3) is 0 Å². The summed E-state index contributed by atoms with van der Waals surface area (Å²) in [4.78, 5) is 8.10. The zero-order valence-electron chi connectivity index (χ0n) is 11.3. The van der Waals surface area contributed by atoms with Gasteiger partial charge < -0.3 is 11.1 Å². The number of hydrogen-bond acceptors (Lipinski definition) is 4. The van der Waals surface area contributed by atoms with Crippen molar-refractivity contribution in [1.29, 1.82) is 0 Å². The first kappa shape index (κ1) is 15.0. The molecule has 0 aromatic carbocycles. The molecule has 5 heteroatoms. The Kier molecular flexibility index (Phi) is 6.80. The molecule has 0 aliphatic heterocycles. The van der Waals surface area contributed by atoms with Crippen molar-refractivity contribution in [3.63, 3.8) is 0 Å². The van der Waals surface area contributed by atoms with Crippen molar-refractivity contribution >= 4 is 23.1 Å². The van der Waals surface area contributed by atoms with Crippen LogP contribution in [-0.4, -0.2) is 16.5 Å². The van der Waals surface area contributed by atoms with E-state index < -0.39 is 0 Å². The van der Waals surface area contributed by atoms with Crippen LogP contribution in [0, 0.1) is 6.92 Å². The largest absolute Gasteiger partial charge is 0.394 e. The van der Waals surface area contributed by atoms with E-state index in [2.05, 4.69) is 22.2 Å². The summed E-state index contributed by atoms with van der Waals surface area (Å²) in [5.41, 5.74) is 7.20. The van der Waals surface area contributed by atoms with E-state index in [1.165, 1.54) is 32.1 Å². The molecule has 0 aliphatic carbocycles. The Labute approximate surface area is 114 Å². The number of aryl methyl sites for hydroxylation is 1. The van der Waals surface area contributed by atoms with Crippen molar-refractivity contribution in [3.8, 4) is 0 Å². The van der Waals surface area contributed by atoms with Gasteiger partial charge in [0, 0.05) is 6.54 Å². The molecule has 3 N–H and O–H groups in total. The van der Waals surface area contributed by atoms with Crippen molar-refractivity contribution in [2.75, 3.05) is 17.6 Å². The van der Waals surface area contributed by atoms with Crippen LogP contribution < -0.4 is 11.1 Å². The number of nitrogen functional groups attached to an aromatic ring is 1. The summed E-state index contributed by atoms with van der Waals surface area (Å²) in [6.07, 6.45) is 7.62. The Morgan fingerprint density at radius 3 is 2.50 bits per heavy atom. The quantitative estimate of drug-likeness (QED) is 0.557. The van der Waals surface area contributed by atoms with Crippen molar-refractivity contribution in [1.82, 2.24) is 9.97 Å². The summed E-state index contributed by atoms with van der Waals surface area (Å²) in [5, 5.41) is 3.47. The van der Waals surface area contributed by atoms with Gasteiger partial charge in [-0.25, -0.2) is 4.98 Å². The van der Waals surface area contributed by atoms with Gasteiger partial charge in [-0.2, -0.15) is 4.98 Å². The fraction of sp³-hybridized carbons (Fsp3) is 0.692. The fourth-order valence-electron chi connectivity index (χ4n) is 1.79. The molecule has 0 atom stereocenters. The molecular formula is C13H23ClN4. The molecule has 0 bridgehead atoms. The molecule has 0 amide bonds. The van der Waals surface area contributed by atoms with Gasteiger partial charge in [-0.15, -0.1) is 0 Å². The molecule has 4 nitrogen and oxygen atoms in total. The average Bonchev–Trinajstić information content (AvgIpc) is 2.33. The number of nitrogens with zero attached hydrogens (tertiary/aromatic N) is 2. The second-order valence-corrected chi connectivity index (χ2v) is 4.87. The summed E-state index contributed by atoms with van der Waals surface area (Å²) in [6.45, 7) is 4.94. The molecule has 0 radical (unpaired) electrons. The van der Waals surface area contributed by atoms with Crippen LogP contribution in [0.15, 0.2) is 0 Å². The number of nitrogens with two attached hydrogens (primary N) is 1. The molecule has 0 spiro atoms. The lowest BCUT2D eigenvalue weighted by atomic mass is 10.1. The van der Waals surface area contributed by atoms with Gasteiger partial charge in [0.1, 0.15) is 0 Å². The normalized spacial score (nSPS) is 10.6. The molecule has 1 heterocycles. The molecule has 1 aromatic heterocycles. The van der Waals surface area contributed by atoms with E-state index in [9.17, 15) is 0 Å². The standard InChI is InChI=1S/C13H23ClN4/c1-3-4-5-6-7-8-9-16-12-11(15)10(2)17-13(14)18-12/h3-9,15H2,1-2H3,(H,16,17,18). The molecule has 0 fully saturated rings. The molecule has 102 valence electrons. The van der Waals surface area contributed by atoms with Gasteiger partial charge in [-0.05, 0) is 24.9 Å². The number of aromatic nitrogens is 2. The summed E-state index contributed by atoms with van der Waals surface area (Å²) < 4.78 is 0. The van der Waals surface area contributed by atoms with Gasteiger partial charge in [0.2, 0.25) is 5.28 Å². The van der Waals surface area contributed by atoms with Gasteiger partial charge in [-0.1, -0.05) is 39.0 Å². The van der Waals surface area contributed by atoms with E-state index in [4.69, 9.17) is 17.3 Å². The third-order valence-electron chi connectivity index (χ3n) is 2.93. The van der Waals surface area contributed by atoms with Crippen molar-refractivity contribution < 1.29 is 0 Å². The molecule has 0 saturated heterocycles. The number of halogens is 1. The van der Waals surface area contributed by atoms with Gasteiger partial charge >= 0.3 is 0 Å². The van der Waals surface area contributed by atoms with Crippen LogP contribution in [0.5, 0.6) is 0 Å². The maximum absolute atomic E-state index is 5.89. The second-order valence-electron chi connectivity index (χ2n) is 4.53. The lowest BCUT2D eigenvalue weighted by Gasteiger charge is -2.09. The van der Waals surface area contributed by atoms with Crippen LogP contribution in [-0.2, 0) is 0 Å². The van der Waals surface area contributed by atoms with Gasteiger partial charge in [-0.3, -0.25) is 0 Å². The molecule has 0 aliphatic rings. The minimum atomic E-state index is 0.243. The molecule has 0 unspecified atom stereocenters. The number of unbranched alkanes of at least 4 members (excludes halogenated alkanes) is 5. The minimum Gasteiger partial charge on any atom is -0.394 e. The fourth-order valence-corrected chi connectivity index (χ4v) is 2.01. The van der Waals surface area contributed by atoms with E-state index in [0.717, 1.165) is 18.7 Å². The Hall–Kier alpha value is -1.03. The minimum absolute atomic E-state index is 0.243. The number of hydrogen-bond donors (Lipinski definition) is 2. The first-order valence-electron chi connectivity index (χ1n) is 6.68. The lowest BCUT2D eigenvalue weighted by Crippen LogP contribution is -2.08. The Bertz CT molecular complexity index is 368. The highest BCUT2D eigenvalue weighted by molar-refractivity contribution is 6.28. The van der Waals surface area contributed by atoms with Crippen LogP contribution >= 0.6 is 11.6 Å². The maximum Gasteiger partial charge on any atom is 0.224 e. The van der Waals surface area contributed by atoms with Crippen LogP contribution in [0.4, 0.5) is 11.5 Å². The van der Waals surface area contributed by atoms with E-state index in [1.54, 1.807) is 0 Å². The van der Waals surface area contributed by atoms with E-state index in [-0.39, 0.29) is 5.28 Å². The summed E-state index contributed by atoms with van der Waals surface area (Å²) >= 11 is 5.80. The third-order valence-corrected chi connectivity index (χ3v) is 3.10. The molecular weight excluding hydrogens is 248 g/mol. The first-order valence-corrected chi connectivity index (χ1v) is 7.06. The highest BCUT2D eigenvalue weighted by Crippen LogP contribution is 2.20. The molecule has 1 rings (SSSR count). The number of anilines is 2. The zero-order valence-corrected chi connectivity index (χ0v) is 12.1. The number of nitrogens with one attached hydrogen (secondary N) is 1. The Balaban J connectivity index is 2.27. The Morgan fingerprint density at radius 1 is 1.11 bits per heavy atom. The monoisotopic (exact) mass is 270 g/mol. The third kappa shape index (κ3) is 5.08. The molecule has 1 aromatic rings. The average molecular weight is 271 g/mol. The van der Waals surface area contributed by atoms with Crippen molar-refractivity contribution in [2.24, 2.45) is 0 Å². The smallest absolute Gasteiger partial charge is 0.224 e. The predicted molar refractivity (Wildman–Crippen MR) is 78.1 cm³/mol. The van der Waals surface area contributed by atoms with Crippen molar-refractivity contribution in [2.45, 2.75) is 52.4 Å². The Morgan fingerprint density at radius 2 is 1.78 bits per heavy atom. The van der Waals surface area contributed by atoms with E-state index in [0.29, 0.717) is 11.5 Å². The number of rotatable bonds is 8. The summed E-state index contributed by atoms with van der Waals surface area (Å²) in [7, 11) is 0.